The molecule has 0 heterocycles. The van der Waals surface area contributed by atoms with Gasteiger partial charge < -0.3 is 5.21 Å². The zero-order valence-corrected chi connectivity index (χ0v) is 25.2. The van der Waals surface area contributed by atoms with E-state index in [9.17, 15) is 49.7 Å². The molecule has 0 aliphatic carbocycles. The van der Waals surface area contributed by atoms with Gasteiger partial charge in [0.25, 0.3) is 36.0 Å². The van der Waals surface area contributed by atoms with Crippen molar-refractivity contribution in [1.82, 2.24) is 0 Å². The third-order valence-corrected chi connectivity index (χ3v) is 8.58. The third-order valence-electron chi connectivity index (χ3n) is 5.90. The fourth-order valence-electron chi connectivity index (χ4n) is 3.73. The predicted molar refractivity (Wildman–Crippen MR) is 160 cm³/mol. The molecule has 0 aromatic heterocycles. The Bertz CT molecular complexity index is 2250. The average Bonchev–Trinajstić information content (AvgIpc) is 2.98. The molecule has 0 aliphatic rings. The molecule has 0 aliphatic heterocycles. The summed E-state index contributed by atoms with van der Waals surface area (Å²) in [5, 5.41) is 35.4. The molecule has 0 bridgehead atoms. The molecule has 0 unspecified atom stereocenters. The van der Waals surface area contributed by atoms with Crippen molar-refractivity contribution in [3.8, 4) is 0 Å². The number of nitro benzene ring substituents is 1. The first-order valence-corrected chi connectivity index (χ1v) is 16.6. The summed E-state index contributed by atoms with van der Waals surface area (Å²) in [6.07, 6.45) is 2.08. The number of nitro groups is 1. The third kappa shape index (κ3) is 8.47. The summed E-state index contributed by atoms with van der Waals surface area (Å²) >= 11 is 0. The highest BCUT2D eigenvalue weighted by molar-refractivity contribution is 7.86. The van der Waals surface area contributed by atoms with Crippen LogP contribution in [0.2, 0.25) is 0 Å². The van der Waals surface area contributed by atoms with Gasteiger partial charge in [-0.25, -0.2) is 0 Å². The van der Waals surface area contributed by atoms with E-state index in [4.69, 9.17) is 4.55 Å². The van der Waals surface area contributed by atoms with Gasteiger partial charge in [0.2, 0.25) is 5.69 Å². The number of nitrogens with zero attached hydrogens (tertiary/aromatic N) is 5. The van der Waals surface area contributed by atoms with Gasteiger partial charge in [0.1, 0.15) is 15.5 Å². The lowest BCUT2D eigenvalue weighted by molar-refractivity contribution is -0.435. The lowest BCUT2D eigenvalue weighted by atomic mass is 10.1. The Morgan fingerprint density at radius 2 is 0.978 bits per heavy atom. The second-order valence-corrected chi connectivity index (χ2v) is 13.2. The maximum absolute atomic E-state index is 12.7. The summed E-state index contributed by atoms with van der Waals surface area (Å²) in [5.41, 5.74) is -0.678. The Kier molecular flexibility index (Phi) is 9.51. The number of non-ortho nitro benzene ring substituents is 1. The van der Waals surface area contributed by atoms with E-state index in [-0.39, 0.29) is 37.9 Å². The van der Waals surface area contributed by atoms with E-state index < -0.39 is 50.8 Å². The summed E-state index contributed by atoms with van der Waals surface area (Å²) in [4.78, 5) is 8.30. The van der Waals surface area contributed by atoms with Crippen molar-refractivity contribution in [2.45, 2.75) is 14.7 Å². The Morgan fingerprint density at radius 3 is 1.41 bits per heavy atom. The van der Waals surface area contributed by atoms with Crippen LogP contribution >= 0.6 is 0 Å². The first-order valence-electron chi connectivity index (χ1n) is 12.3. The van der Waals surface area contributed by atoms with Crippen LogP contribution < -0.4 is 0 Å². The highest BCUT2D eigenvalue weighted by atomic mass is 32.2. The van der Waals surface area contributed by atoms with E-state index in [1.165, 1.54) is 36.4 Å². The van der Waals surface area contributed by atoms with Crippen LogP contribution in [0.15, 0.2) is 115 Å². The summed E-state index contributed by atoms with van der Waals surface area (Å²) in [6.45, 7) is 0. The second-order valence-electron chi connectivity index (χ2n) is 9.04. The monoisotopic (exact) mass is 689 g/mol. The van der Waals surface area contributed by atoms with Gasteiger partial charge in [-0.1, -0.05) is 17.0 Å². The van der Waals surface area contributed by atoms with Gasteiger partial charge in [-0.3, -0.25) is 23.8 Å². The zero-order chi connectivity index (χ0) is 33.9. The Labute approximate surface area is 260 Å². The van der Waals surface area contributed by atoms with E-state index in [1.807, 2.05) is 0 Å². The summed E-state index contributed by atoms with van der Waals surface area (Å²) < 4.78 is 98.3. The molecule has 4 rings (SSSR count). The van der Waals surface area contributed by atoms with E-state index in [0.717, 1.165) is 54.6 Å². The molecule has 0 spiro atoms. The van der Waals surface area contributed by atoms with Crippen LogP contribution in [0.25, 0.3) is 12.2 Å². The molecule has 0 radical (unpaired) electrons. The van der Waals surface area contributed by atoms with Crippen molar-refractivity contribution in [2.75, 3.05) is 0 Å². The fraction of sp³-hybridized carbons (Fsp3) is 0. The molecular formula is C26H19N5O12S3. The van der Waals surface area contributed by atoms with Crippen molar-refractivity contribution in [1.29, 1.82) is 0 Å². The predicted octanol–water partition coefficient (Wildman–Crippen LogP) is 5.85. The maximum Gasteiger partial charge on any atom is 0.295 e. The van der Waals surface area contributed by atoms with Gasteiger partial charge >= 0.3 is 0 Å². The molecule has 0 amide bonds. The first-order chi connectivity index (χ1) is 21.4. The van der Waals surface area contributed by atoms with Crippen molar-refractivity contribution >= 4 is 70.9 Å². The molecular weight excluding hydrogens is 671 g/mol. The highest BCUT2D eigenvalue weighted by Crippen LogP contribution is 2.29. The van der Waals surface area contributed by atoms with E-state index >= 15 is 0 Å². The molecule has 0 saturated heterocycles. The quantitative estimate of drug-likeness (QED) is 0.0442. The SMILES string of the molecule is O=[N+]([O-])c1ccc(C=Cc2ccc([N+]([O-])=Nc3ccc(N=Nc4ccc(S(=O)(=O)O)cc4)cc3)cc2S(=O)(=O)O)c(S(=O)(=O)O)c1. The number of azo groups is 2. The number of benzene rings is 4. The molecule has 20 heteroatoms. The van der Waals surface area contributed by atoms with Crippen molar-refractivity contribution < 1.29 is 48.7 Å². The van der Waals surface area contributed by atoms with Crippen LogP contribution in [0.1, 0.15) is 11.1 Å². The molecule has 4 aromatic carbocycles. The first kappa shape index (κ1) is 33.6. The van der Waals surface area contributed by atoms with Gasteiger partial charge in [0.05, 0.1) is 21.2 Å². The van der Waals surface area contributed by atoms with Gasteiger partial charge in [-0.05, 0) is 71.8 Å². The normalized spacial score (nSPS) is 13.0. The molecule has 46 heavy (non-hydrogen) atoms. The van der Waals surface area contributed by atoms with E-state index in [2.05, 4.69) is 15.3 Å². The molecule has 0 atom stereocenters. The second kappa shape index (κ2) is 13.0. The minimum absolute atomic E-state index is 0.0717. The molecule has 0 saturated carbocycles. The van der Waals surface area contributed by atoms with Crippen LogP contribution in [0.3, 0.4) is 0 Å². The van der Waals surface area contributed by atoms with Crippen LogP contribution in [0.4, 0.5) is 28.4 Å². The smallest absolute Gasteiger partial charge is 0.295 e. The van der Waals surface area contributed by atoms with Crippen LogP contribution in [0, 0.1) is 15.3 Å². The standard InChI is InChI=1S/C26H19N5O12S3/c32-30(29-21-7-5-19(6-8-21)27-28-20-9-13-24(14-10-20)44(35,36)37)22-11-3-17(25(15-22)45(38,39)40)1-2-18-4-12-23(31(33)34)16-26(18)46(41,42)43/h1-16H,(H,35,36,37)(H,38,39,40)(H,41,42,43). The van der Waals surface area contributed by atoms with Crippen LogP contribution in [0.5, 0.6) is 0 Å². The summed E-state index contributed by atoms with van der Waals surface area (Å²) in [6, 6.07) is 16.2. The highest BCUT2D eigenvalue weighted by Gasteiger charge is 2.21. The fourth-order valence-corrected chi connectivity index (χ4v) is 5.62. The minimum atomic E-state index is -4.95. The van der Waals surface area contributed by atoms with Gasteiger partial charge in [0, 0.05) is 29.4 Å². The molecule has 17 nitrogen and oxygen atoms in total. The summed E-state index contributed by atoms with van der Waals surface area (Å²) in [5.74, 6) is 0. The maximum atomic E-state index is 12.7. The van der Waals surface area contributed by atoms with E-state index in [0.29, 0.717) is 11.8 Å². The Morgan fingerprint density at radius 1 is 0.565 bits per heavy atom. The largest absolute Gasteiger partial charge is 0.594 e. The molecule has 3 N–H and O–H groups in total. The van der Waals surface area contributed by atoms with Crippen molar-refractivity contribution in [3.05, 3.63) is 111 Å². The van der Waals surface area contributed by atoms with E-state index in [1.54, 1.807) is 0 Å². The molecule has 238 valence electrons. The lowest BCUT2D eigenvalue weighted by Crippen LogP contribution is -2.03. The Hall–Kier alpha value is -5.25. The van der Waals surface area contributed by atoms with Gasteiger partial charge in [0.15, 0.2) is 0 Å². The molecule has 0 fully saturated rings. The summed E-state index contributed by atoms with van der Waals surface area (Å²) in [7, 11) is -14.2. The lowest BCUT2D eigenvalue weighted by Gasteiger charge is -2.06. The zero-order valence-electron chi connectivity index (χ0n) is 22.7. The van der Waals surface area contributed by atoms with Crippen LogP contribution in [-0.2, 0) is 30.4 Å². The number of hydrogen-bond donors (Lipinski definition) is 3. The molecule has 4 aromatic rings. The van der Waals surface area contributed by atoms with Crippen molar-refractivity contribution in [3.63, 3.8) is 0 Å². The van der Waals surface area contributed by atoms with Crippen LogP contribution in [-0.4, -0.2) is 48.7 Å². The average molecular weight is 690 g/mol. The topological polar surface area (TPSA) is 269 Å². The number of hydrogen-bond acceptors (Lipinski definition) is 12. The van der Waals surface area contributed by atoms with Crippen molar-refractivity contribution in [2.24, 2.45) is 15.3 Å². The minimum Gasteiger partial charge on any atom is -0.594 e. The number of rotatable bonds is 10. The van der Waals surface area contributed by atoms with Gasteiger partial charge in [-0.15, -0.1) is 0 Å². The van der Waals surface area contributed by atoms with Gasteiger partial charge in [-0.2, -0.15) is 35.5 Å². The Balaban J connectivity index is 1.58.